The summed E-state index contributed by atoms with van der Waals surface area (Å²) in [5, 5.41) is 5.37. The van der Waals surface area contributed by atoms with Crippen LogP contribution in [0.3, 0.4) is 0 Å². The second-order valence-electron chi connectivity index (χ2n) is 14.5. The molecular formula is C45H46N3O6PSi. The number of amides is 2. The standard InChI is InChI=1S/C45H46N3O6PSi/c1-6-28-53-45(52)44(55(36-21-10-7-11-22-36,37-23-12-8-13-24-37)38-25-14-9-15-26-38)48-39(41(43(48)51)32(2)54-56(3,4)5)30-40(49)33-18-16-20-35(29-33)47-42(50)34-19-17-27-46-31-34/h6-27,29,31-32,39,41H,1,28,30H2,2-5H3,(H,47,50)/t32-,39-,41-/m1/s1. The summed E-state index contributed by atoms with van der Waals surface area (Å²) in [5.74, 6) is -2.35. The van der Waals surface area contributed by atoms with Crippen molar-refractivity contribution in [2.75, 3.05) is 11.9 Å². The van der Waals surface area contributed by atoms with Crippen LogP contribution in [0.15, 0.2) is 152 Å². The summed E-state index contributed by atoms with van der Waals surface area (Å²) in [6.45, 7) is 8.52. The maximum Gasteiger partial charge on any atom is 0.356 e. The number of carbonyl (C=O) groups excluding carboxylic acids is 4. The molecule has 0 radical (unpaired) electrons. The van der Waals surface area contributed by atoms with Gasteiger partial charge in [-0.3, -0.25) is 19.4 Å². The molecule has 0 bridgehead atoms. The van der Waals surface area contributed by atoms with Crippen LogP contribution in [0, 0.1) is 5.92 Å². The third kappa shape index (κ3) is 8.43. The van der Waals surface area contributed by atoms with Crippen LogP contribution in [-0.4, -0.2) is 65.9 Å². The van der Waals surface area contributed by atoms with E-state index < -0.39 is 39.2 Å². The number of aromatic nitrogens is 1. The molecule has 286 valence electrons. The molecule has 1 fully saturated rings. The Kier molecular flexibility index (Phi) is 12.4. The fourth-order valence-electron chi connectivity index (χ4n) is 7.33. The average Bonchev–Trinajstić information content (AvgIpc) is 3.20. The van der Waals surface area contributed by atoms with Gasteiger partial charge >= 0.3 is 5.97 Å². The molecule has 3 atom stereocenters. The van der Waals surface area contributed by atoms with Crippen LogP contribution in [0.2, 0.25) is 19.6 Å². The normalized spacial score (nSPS) is 15.9. The number of hydrogen-bond donors (Lipinski definition) is 1. The van der Waals surface area contributed by atoms with E-state index in [0.717, 1.165) is 15.9 Å². The van der Waals surface area contributed by atoms with Crippen molar-refractivity contribution in [3.05, 3.63) is 164 Å². The first-order valence-electron chi connectivity index (χ1n) is 18.5. The molecule has 1 aliphatic rings. The molecule has 1 N–H and O–H groups in total. The van der Waals surface area contributed by atoms with E-state index in [-0.39, 0.29) is 36.0 Å². The maximum atomic E-state index is 15.0. The molecule has 56 heavy (non-hydrogen) atoms. The summed E-state index contributed by atoms with van der Waals surface area (Å²) >= 11 is 0. The van der Waals surface area contributed by atoms with Crippen molar-refractivity contribution in [1.29, 1.82) is 0 Å². The number of nitrogens with one attached hydrogen (secondary N) is 1. The fraction of sp³-hybridized carbons (Fsp3) is 0.200. The van der Waals surface area contributed by atoms with Gasteiger partial charge in [-0.15, -0.1) is 0 Å². The summed E-state index contributed by atoms with van der Waals surface area (Å²) in [7, 11) is -2.17. The van der Waals surface area contributed by atoms with Crippen molar-refractivity contribution in [2.45, 2.75) is 45.1 Å². The lowest BCUT2D eigenvalue weighted by molar-refractivity contribution is -0.156. The highest BCUT2D eigenvalue weighted by Crippen LogP contribution is 2.50. The van der Waals surface area contributed by atoms with Gasteiger partial charge in [0.2, 0.25) is 5.91 Å². The van der Waals surface area contributed by atoms with Crippen molar-refractivity contribution in [1.82, 2.24) is 9.88 Å². The van der Waals surface area contributed by atoms with Gasteiger partial charge in [-0.25, -0.2) is 4.79 Å². The smallest absolute Gasteiger partial charge is 0.356 e. The van der Waals surface area contributed by atoms with E-state index in [4.69, 9.17) is 9.16 Å². The number of carbonyl (C=O) groups is 4. The van der Waals surface area contributed by atoms with Crippen molar-refractivity contribution in [3.63, 3.8) is 0 Å². The molecule has 4 aromatic carbocycles. The summed E-state index contributed by atoms with van der Waals surface area (Å²) in [6, 6.07) is 38.5. The molecular weight excluding hydrogens is 738 g/mol. The number of Topliss-reactive ketones (excluding diaryl/α,β-unsaturated/α-hetero) is 1. The first-order valence-corrected chi connectivity index (χ1v) is 23.7. The van der Waals surface area contributed by atoms with Crippen LogP contribution < -0.4 is 21.2 Å². The SMILES string of the molecule is C=CCOC(=O)C(N1C(=O)[C@H]([C@@H](C)O[Si](C)(C)C)[C@H]1CC(=O)c1cccc(NC(=O)c2cccnc2)c1)=P(c1ccccc1)(c1ccccc1)c1ccccc1. The summed E-state index contributed by atoms with van der Waals surface area (Å²) in [5.41, 5.74) is 1.33. The summed E-state index contributed by atoms with van der Waals surface area (Å²) in [6.07, 6.45) is 3.88. The number of hydrogen-bond acceptors (Lipinski definition) is 7. The van der Waals surface area contributed by atoms with Crippen LogP contribution in [-0.2, 0) is 18.8 Å². The van der Waals surface area contributed by atoms with Gasteiger partial charge < -0.3 is 19.4 Å². The Balaban J connectivity index is 1.55. The third-order valence-corrected chi connectivity index (χ3v) is 14.9. The number of ether oxygens (including phenoxy) is 1. The van der Waals surface area contributed by atoms with Gasteiger partial charge in [-0.05, 0) is 66.7 Å². The highest BCUT2D eigenvalue weighted by atomic mass is 31.2. The number of pyridine rings is 1. The van der Waals surface area contributed by atoms with Crippen molar-refractivity contribution < 1.29 is 28.3 Å². The number of β-lactam (4-membered cyclic amide) rings is 1. The van der Waals surface area contributed by atoms with Crippen LogP contribution in [0.5, 0.6) is 0 Å². The quantitative estimate of drug-likeness (QED) is 0.0310. The number of rotatable bonds is 15. The van der Waals surface area contributed by atoms with E-state index >= 15 is 0 Å². The zero-order valence-electron chi connectivity index (χ0n) is 32.0. The molecule has 2 amide bonds. The molecule has 2 heterocycles. The highest BCUT2D eigenvalue weighted by Gasteiger charge is 2.56. The zero-order chi connectivity index (χ0) is 39.9. The summed E-state index contributed by atoms with van der Waals surface area (Å²) < 4.78 is 12.4. The van der Waals surface area contributed by atoms with Gasteiger partial charge in [0.05, 0.1) is 23.6 Å². The minimum atomic E-state index is -3.21. The lowest BCUT2D eigenvalue weighted by atomic mass is 9.79. The molecule has 0 aliphatic carbocycles. The largest absolute Gasteiger partial charge is 0.457 e. The second-order valence-corrected chi connectivity index (χ2v) is 22.3. The van der Waals surface area contributed by atoms with Gasteiger partial charge in [-0.2, -0.15) is 0 Å². The number of likely N-dealkylation sites (tertiary alicyclic amines) is 1. The molecule has 9 nitrogen and oxygen atoms in total. The molecule has 1 saturated heterocycles. The Morgan fingerprint density at radius 2 is 1.41 bits per heavy atom. The zero-order valence-corrected chi connectivity index (χ0v) is 33.9. The molecule has 1 aromatic heterocycles. The van der Waals surface area contributed by atoms with Crippen molar-refractivity contribution in [2.24, 2.45) is 5.92 Å². The van der Waals surface area contributed by atoms with Crippen molar-refractivity contribution >= 4 is 65.8 Å². The maximum absolute atomic E-state index is 15.0. The van der Waals surface area contributed by atoms with Crippen LogP contribution in [0.25, 0.3) is 0 Å². The molecule has 0 saturated carbocycles. The van der Waals surface area contributed by atoms with E-state index in [1.807, 2.05) is 97.9 Å². The van der Waals surface area contributed by atoms with Crippen molar-refractivity contribution in [3.8, 4) is 0 Å². The average molecular weight is 784 g/mol. The lowest BCUT2D eigenvalue weighted by Gasteiger charge is -2.52. The molecule has 6 rings (SSSR count). The predicted molar refractivity (Wildman–Crippen MR) is 227 cm³/mol. The minimum Gasteiger partial charge on any atom is -0.457 e. The Labute approximate surface area is 329 Å². The third-order valence-electron chi connectivity index (χ3n) is 9.57. The molecule has 11 heteroatoms. The first-order chi connectivity index (χ1) is 27.0. The van der Waals surface area contributed by atoms with E-state index in [1.165, 1.54) is 17.2 Å². The molecule has 0 spiro atoms. The Morgan fingerprint density at radius 3 is 1.93 bits per heavy atom. The van der Waals surface area contributed by atoms with Gasteiger partial charge in [0.25, 0.3) is 5.91 Å². The van der Waals surface area contributed by atoms with Crippen LogP contribution >= 0.6 is 6.89 Å². The second kappa shape index (κ2) is 17.4. The Hall–Kier alpha value is -5.67. The van der Waals surface area contributed by atoms with E-state index in [9.17, 15) is 19.2 Å². The number of nitrogens with zero attached hydrogens (tertiary/aromatic N) is 2. The monoisotopic (exact) mass is 783 g/mol. The van der Waals surface area contributed by atoms with Gasteiger partial charge in [0.1, 0.15) is 12.0 Å². The predicted octanol–water partition coefficient (Wildman–Crippen LogP) is 6.83. The number of benzene rings is 4. The van der Waals surface area contributed by atoms with Gasteiger partial charge in [0, 0.05) is 37.0 Å². The van der Waals surface area contributed by atoms with Gasteiger partial charge in [-0.1, -0.05) is 116 Å². The van der Waals surface area contributed by atoms with E-state index in [2.05, 4.69) is 36.5 Å². The highest BCUT2D eigenvalue weighted by molar-refractivity contribution is 7.96. The number of ketones is 1. The van der Waals surface area contributed by atoms with E-state index in [1.54, 1.807) is 42.6 Å². The molecule has 1 aliphatic heterocycles. The first kappa shape index (κ1) is 40.0. The van der Waals surface area contributed by atoms with Gasteiger partial charge in [0.15, 0.2) is 14.1 Å². The van der Waals surface area contributed by atoms with Crippen LogP contribution in [0.4, 0.5) is 5.69 Å². The lowest BCUT2D eigenvalue weighted by Crippen LogP contribution is -2.69. The molecule has 0 unspecified atom stereocenters. The number of anilines is 1. The fourth-order valence-corrected chi connectivity index (χ4v) is 13.0. The van der Waals surface area contributed by atoms with E-state index in [0.29, 0.717) is 16.8 Å². The Morgan fingerprint density at radius 1 is 0.839 bits per heavy atom. The Bertz CT molecular complexity index is 2160. The minimum absolute atomic E-state index is 0.0809. The van der Waals surface area contributed by atoms with Crippen LogP contribution in [0.1, 0.15) is 34.1 Å². The topological polar surface area (TPSA) is 115 Å². The molecule has 5 aromatic rings. The number of esters is 1. The summed E-state index contributed by atoms with van der Waals surface area (Å²) in [4.78, 5) is 62.8.